The SMILES string of the molecule is C#Cc1c(F)ccc2cc(O)cc(-c3ncc4c(N5CC6CCC(C5)N6)nc(OCC5(CN6CCC(CN7CCC(c8ccc(N(C)C(C=O)CCC=O)c9c(C=O)cccc89)CC7)CC6)CC5)nc4c3F)c12.CNC. The first-order valence-corrected chi connectivity index (χ1v) is 27.1. The molecule has 0 radical (unpaired) electrons. The minimum Gasteiger partial charge on any atom is -0.508 e. The smallest absolute Gasteiger partial charge is 0.319 e. The van der Waals surface area contributed by atoms with Gasteiger partial charge in [-0.25, -0.2) is 8.78 Å². The number of phenols is 1. The summed E-state index contributed by atoms with van der Waals surface area (Å²) in [7, 11) is 5.61. The van der Waals surface area contributed by atoms with Crippen LogP contribution in [0.2, 0.25) is 0 Å². The second kappa shape index (κ2) is 22.9. The highest BCUT2D eigenvalue weighted by molar-refractivity contribution is 6.07. The van der Waals surface area contributed by atoms with Crippen LogP contribution < -0.4 is 25.2 Å². The molecular formula is C60H69F2N9O5. The van der Waals surface area contributed by atoms with Gasteiger partial charge in [0.1, 0.15) is 41.2 Å². The number of fused-ring (bicyclic) bond motifs is 5. The van der Waals surface area contributed by atoms with Crippen LogP contribution in [-0.2, 0) is 9.59 Å². The van der Waals surface area contributed by atoms with E-state index in [0.717, 1.165) is 126 Å². The van der Waals surface area contributed by atoms with Crippen LogP contribution in [-0.4, -0.2) is 147 Å². The molecule has 6 aromatic rings. The van der Waals surface area contributed by atoms with E-state index in [1.807, 2.05) is 44.2 Å². The van der Waals surface area contributed by atoms with Crippen molar-refractivity contribution < 1.29 is 33.0 Å². The van der Waals surface area contributed by atoms with E-state index in [1.54, 1.807) is 6.20 Å². The number of terminal acetylenes is 1. The van der Waals surface area contributed by atoms with E-state index in [9.17, 15) is 19.5 Å². The fourth-order valence-electron chi connectivity index (χ4n) is 12.5. The lowest BCUT2D eigenvalue weighted by atomic mass is 9.84. The number of hydrogen-bond acceptors (Lipinski definition) is 14. The normalized spacial score (nSPS) is 20.2. The number of carbonyl (C=O) groups is 3. The Labute approximate surface area is 443 Å². The van der Waals surface area contributed by atoms with Gasteiger partial charge in [0.25, 0.3) is 0 Å². The zero-order valence-corrected chi connectivity index (χ0v) is 43.9. The molecule has 2 aromatic heterocycles. The van der Waals surface area contributed by atoms with Gasteiger partial charge in [-0.3, -0.25) is 9.78 Å². The summed E-state index contributed by atoms with van der Waals surface area (Å²) >= 11 is 0. The molecule has 398 valence electrons. The fraction of sp³-hybridized carbons (Fsp3) is 0.467. The number of halogens is 2. The van der Waals surface area contributed by atoms with Crippen molar-refractivity contribution in [2.24, 2.45) is 11.3 Å². The lowest BCUT2D eigenvalue weighted by molar-refractivity contribution is -0.109. The van der Waals surface area contributed by atoms with Crippen molar-refractivity contribution in [3.05, 3.63) is 89.1 Å². The maximum Gasteiger partial charge on any atom is 0.319 e. The molecule has 3 N–H and O–H groups in total. The molecule has 2 bridgehead atoms. The van der Waals surface area contributed by atoms with E-state index in [4.69, 9.17) is 21.1 Å². The Kier molecular flexibility index (Phi) is 15.9. The number of anilines is 2. The van der Waals surface area contributed by atoms with Gasteiger partial charge in [-0.2, -0.15) is 9.97 Å². The number of nitrogens with zero attached hydrogens (tertiary/aromatic N) is 7. The van der Waals surface area contributed by atoms with Crippen LogP contribution in [0.4, 0.5) is 20.3 Å². The molecule has 0 amide bonds. The Morgan fingerprint density at radius 1 is 0.934 bits per heavy atom. The molecule has 3 unspecified atom stereocenters. The Morgan fingerprint density at radius 3 is 2.36 bits per heavy atom. The van der Waals surface area contributed by atoms with Crippen molar-refractivity contribution >= 4 is 62.8 Å². The van der Waals surface area contributed by atoms with E-state index < -0.39 is 17.7 Å². The number of benzene rings is 4. The molecule has 3 atom stereocenters. The molecule has 4 saturated heterocycles. The second-order valence-corrected chi connectivity index (χ2v) is 21.9. The standard InChI is InChI=1S/C58H62F2N8O5.C2H7N/c1-3-44-49(59)13-9-38-26-43(72)27-47(51(38)44)54-53(60)55-48(28-61-54)56(68-30-40-10-11-41(31-68)62-40)64-57(63-55)73-35-58(19-20-58)34-67-21-15-36(16-22-67)29-66-23-17-37(18-24-66)45-12-14-50(65(2)42(33-71)7-5-25-69)52-39(32-70)6-4-8-46(45)52;1-3-2/h1,4,6,8-9,12-14,25-28,32-33,36-37,40-42,62,72H,5,7,10-11,15-24,29-31,34-35H2,2H3;3H,1-2H3. The predicted molar refractivity (Wildman–Crippen MR) is 295 cm³/mol. The van der Waals surface area contributed by atoms with Gasteiger partial charge in [-0.15, -0.1) is 6.42 Å². The Bertz CT molecular complexity index is 3150. The van der Waals surface area contributed by atoms with Crippen LogP contribution in [0, 0.1) is 35.3 Å². The molecule has 1 aliphatic carbocycles. The molecule has 76 heavy (non-hydrogen) atoms. The molecule has 5 fully saturated rings. The second-order valence-electron chi connectivity index (χ2n) is 21.9. The van der Waals surface area contributed by atoms with Gasteiger partial charge in [-0.05, 0) is 150 Å². The summed E-state index contributed by atoms with van der Waals surface area (Å²) in [5.41, 5.74) is 2.69. The first-order chi connectivity index (χ1) is 37.0. The molecule has 4 aliphatic heterocycles. The number of pyridine rings is 1. The monoisotopic (exact) mass is 1030 g/mol. The lowest BCUT2D eigenvalue weighted by Crippen LogP contribution is -2.51. The largest absolute Gasteiger partial charge is 0.508 e. The van der Waals surface area contributed by atoms with Crippen LogP contribution in [0.15, 0.2) is 60.8 Å². The zero-order chi connectivity index (χ0) is 53.1. The third-order valence-corrected chi connectivity index (χ3v) is 16.7. The number of likely N-dealkylation sites (tertiary alicyclic amines) is 2. The van der Waals surface area contributed by atoms with E-state index >= 15 is 8.78 Å². The van der Waals surface area contributed by atoms with Gasteiger partial charge in [0.2, 0.25) is 0 Å². The predicted octanol–water partition coefficient (Wildman–Crippen LogP) is 8.29. The summed E-state index contributed by atoms with van der Waals surface area (Å²) in [6, 6.07) is 15.9. The van der Waals surface area contributed by atoms with E-state index in [2.05, 4.69) is 48.4 Å². The Balaban J connectivity index is 0.00000214. The fourth-order valence-corrected chi connectivity index (χ4v) is 12.5. The average Bonchev–Trinajstić information content (AvgIpc) is 4.14. The van der Waals surface area contributed by atoms with Crippen molar-refractivity contribution in [3.8, 4) is 35.4 Å². The average molecular weight is 1030 g/mol. The van der Waals surface area contributed by atoms with E-state index in [1.165, 1.54) is 29.8 Å². The summed E-state index contributed by atoms with van der Waals surface area (Å²) < 4.78 is 38.8. The van der Waals surface area contributed by atoms with Crippen LogP contribution in [0.1, 0.15) is 91.6 Å². The molecular weight excluding hydrogens is 965 g/mol. The molecule has 4 aromatic carbocycles. The number of aldehydes is 3. The van der Waals surface area contributed by atoms with Gasteiger partial charge in [0.05, 0.1) is 23.6 Å². The van der Waals surface area contributed by atoms with Crippen LogP contribution in [0.3, 0.4) is 0 Å². The van der Waals surface area contributed by atoms with Crippen molar-refractivity contribution in [2.45, 2.75) is 88.3 Å². The number of rotatable bonds is 17. The first-order valence-electron chi connectivity index (χ1n) is 27.1. The molecule has 11 rings (SSSR count). The quantitative estimate of drug-likeness (QED) is 0.0593. The van der Waals surface area contributed by atoms with Gasteiger partial charge >= 0.3 is 6.01 Å². The van der Waals surface area contributed by atoms with Crippen LogP contribution >= 0.6 is 0 Å². The number of aromatic hydroxyl groups is 1. The minimum absolute atomic E-state index is 0.0383. The summed E-state index contributed by atoms with van der Waals surface area (Å²) in [5.74, 6) is 2.47. The highest BCUT2D eigenvalue weighted by Crippen LogP contribution is 2.48. The van der Waals surface area contributed by atoms with Gasteiger partial charge < -0.3 is 49.7 Å². The third kappa shape index (κ3) is 10.8. The number of aromatic nitrogens is 3. The topological polar surface area (TPSA) is 156 Å². The minimum atomic E-state index is -0.729. The van der Waals surface area contributed by atoms with Crippen molar-refractivity contribution in [2.75, 3.05) is 89.9 Å². The highest BCUT2D eigenvalue weighted by Gasteiger charge is 2.46. The van der Waals surface area contributed by atoms with Gasteiger partial charge in [0.15, 0.2) is 12.1 Å². The molecule has 5 aliphatic rings. The van der Waals surface area contributed by atoms with Crippen molar-refractivity contribution in [3.63, 3.8) is 0 Å². The number of piperazine rings is 1. The Morgan fingerprint density at radius 2 is 1.67 bits per heavy atom. The molecule has 6 heterocycles. The molecule has 16 heteroatoms. The number of nitrogens with one attached hydrogen (secondary N) is 2. The highest BCUT2D eigenvalue weighted by atomic mass is 19.1. The maximum atomic E-state index is 17.2. The number of hydrogen-bond donors (Lipinski definition) is 3. The van der Waals surface area contributed by atoms with Gasteiger partial charge in [0, 0.05) is 90.9 Å². The first kappa shape index (κ1) is 52.8. The summed E-state index contributed by atoms with van der Waals surface area (Å²) in [5, 5.41) is 20.2. The summed E-state index contributed by atoms with van der Waals surface area (Å²) in [6.45, 7) is 7.88. The van der Waals surface area contributed by atoms with Gasteiger partial charge in [-0.1, -0.05) is 36.3 Å². The lowest BCUT2D eigenvalue weighted by Gasteiger charge is -2.39. The van der Waals surface area contributed by atoms with Crippen molar-refractivity contribution in [1.82, 2.24) is 35.4 Å². The zero-order valence-electron chi connectivity index (χ0n) is 43.9. The summed E-state index contributed by atoms with van der Waals surface area (Å²) in [4.78, 5) is 59.1. The number of ether oxygens (including phenoxy) is 1. The van der Waals surface area contributed by atoms with E-state index in [0.29, 0.717) is 78.6 Å². The number of carbonyl (C=O) groups excluding carboxylic acids is 3. The van der Waals surface area contributed by atoms with Crippen LogP contribution in [0.5, 0.6) is 11.8 Å². The van der Waals surface area contributed by atoms with Crippen molar-refractivity contribution in [1.29, 1.82) is 0 Å². The Hall–Kier alpha value is -6.64. The third-order valence-electron chi connectivity index (χ3n) is 16.7. The van der Waals surface area contributed by atoms with Crippen LogP contribution in [0.25, 0.3) is 43.7 Å². The maximum absolute atomic E-state index is 17.2. The molecule has 0 spiro atoms. The molecule has 1 saturated carbocycles. The van der Waals surface area contributed by atoms with E-state index in [-0.39, 0.29) is 44.9 Å². The number of piperidine rings is 2. The number of likely N-dealkylation sites (N-methyl/N-ethyl adjacent to an activating group) is 1. The number of phenolic OH excluding ortho intramolecular Hbond substituents is 1. The molecule has 14 nitrogen and oxygen atoms in total. The summed E-state index contributed by atoms with van der Waals surface area (Å²) in [6.07, 6.45) is 19.1.